The van der Waals surface area contributed by atoms with Crippen LogP contribution < -0.4 is 5.32 Å². The third kappa shape index (κ3) is 2.98. The first-order chi connectivity index (χ1) is 10.6. The minimum atomic E-state index is -0.348. The monoisotopic (exact) mass is 294 g/mol. The number of amides is 1. The molecule has 0 aliphatic heterocycles. The van der Waals surface area contributed by atoms with E-state index in [1.807, 2.05) is 31.2 Å². The van der Waals surface area contributed by atoms with Crippen LogP contribution in [0.3, 0.4) is 0 Å². The molecule has 0 radical (unpaired) electrons. The molecular weight excluding hydrogens is 280 g/mol. The van der Waals surface area contributed by atoms with Crippen LogP contribution >= 0.6 is 0 Å². The Labute approximate surface area is 127 Å². The van der Waals surface area contributed by atoms with Crippen molar-refractivity contribution in [3.8, 4) is 17.1 Å². The molecule has 3 rings (SSSR count). The molecule has 0 saturated heterocycles. The second-order valence-corrected chi connectivity index (χ2v) is 4.95. The van der Waals surface area contributed by atoms with E-state index in [-0.39, 0.29) is 17.4 Å². The van der Waals surface area contributed by atoms with Crippen LogP contribution in [0.25, 0.3) is 11.3 Å². The van der Waals surface area contributed by atoms with Crippen molar-refractivity contribution in [2.24, 2.45) is 0 Å². The Morgan fingerprint density at radius 1 is 1.14 bits per heavy atom. The Kier molecular flexibility index (Phi) is 3.62. The molecule has 2 aromatic carbocycles. The van der Waals surface area contributed by atoms with Crippen molar-refractivity contribution in [3.05, 3.63) is 65.9 Å². The van der Waals surface area contributed by atoms with E-state index < -0.39 is 0 Å². The fourth-order valence-electron chi connectivity index (χ4n) is 2.01. The van der Waals surface area contributed by atoms with Gasteiger partial charge in [0.25, 0.3) is 5.91 Å². The maximum atomic E-state index is 12.1. The normalized spacial score (nSPS) is 10.4. The largest absolute Gasteiger partial charge is 0.508 e. The van der Waals surface area contributed by atoms with Gasteiger partial charge in [0.05, 0.1) is 0 Å². The molecule has 1 heterocycles. The number of nitrogens with zero attached hydrogens (tertiary/aromatic N) is 1. The van der Waals surface area contributed by atoms with Gasteiger partial charge in [0.2, 0.25) is 0 Å². The number of hydrogen-bond acceptors (Lipinski definition) is 4. The fraction of sp³-hybridized carbons (Fsp3) is 0.0588. The molecule has 0 spiro atoms. The van der Waals surface area contributed by atoms with Crippen molar-refractivity contribution in [3.63, 3.8) is 0 Å². The highest BCUT2D eigenvalue weighted by molar-refractivity contribution is 6.03. The van der Waals surface area contributed by atoms with Crippen LogP contribution in [-0.2, 0) is 0 Å². The number of rotatable bonds is 3. The smallest absolute Gasteiger partial charge is 0.277 e. The quantitative estimate of drug-likeness (QED) is 0.773. The molecule has 5 heteroatoms. The molecule has 0 bridgehead atoms. The summed E-state index contributed by atoms with van der Waals surface area (Å²) in [5.74, 6) is 0.198. The zero-order chi connectivity index (χ0) is 15.5. The summed E-state index contributed by atoms with van der Waals surface area (Å²) in [6.45, 7) is 1.98. The van der Waals surface area contributed by atoms with Crippen LogP contribution in [0, 0.1) is 6.92 Å². The number of benzene rings is 2. The molecule has 1 aromatic heterocycles. The average molecular weight is 294 g/mol. The lowest BCUT2D eigenvalue weighted by atomic mass is 10.1. The molecule has 5 nitrogen and oxygen atoms in total. The Hall–Kier alpha value is -3.08. The van der Waals surface area contributed by atoms with Crippen molar-refractivity contribution < 1.29 is 14.4 Å². The zero-order valence-corrected chi connectivity index (χ0v) is 11.9. The summed E-state index contributed by atoms with van der Waals surface area (Å²) in [6.07, 6.45) is 0. The summed E-state index contributed by atoms with van der Waals surface area (Å²) < 4.78 is 5.16. The number of aryl methyl sites for hydroxylation is 1. The highest BCUT2D eigenvalue weighted by Gasteiger charge is 2.14. The second kappa shape index (κ2) is 5.73. The first-order valence-corrected chi connectivity index (χ1v) is 6.76. The predicted molar refractivity (Wildman–Crippen MR) is 82.7 cm³/mol. The van der Waals surface area contributed by atoms with Crippen molar-refractivity contribution in [2.75, 3.05) is 5.32 Å². The zero-order valence-electron chi connectivity index (χ0n) is 11.9. The number of phenolic OH excluding ortho intramolecular Hbond substituents is 1. The number of aromatic nitrogens is 1. The Morgan fingerprint density at radius 2 is 1.91 bits per heavy atom. The van der Waals surface area contributed by atoms with Crippen LogP contribution in [-0.4, -0.2) is 16.2 Å². The van der Waals surface area contributed by atoms with Crippen molar-refractivity contribution in [1.29, 1.82) is 0 Å². The number of carbonyl (C=O) groups excluding carboxylic acids is 1. The van der Waals surface area contributed by atoms with Gasteiger partial charge in [0, 0.05) is 17.3 Å². The van der Waals surface area contributed by atoms with Crippen LogP contribution in [0.4, 0.5) is 5.69 Å². The fourth-order valence-corrected chi connectivity index (χ4v) is 2.01. The van der Waals surface area contributed by atoms with Crippen LogP contribution in [0.1, 0.15) is 16.1 Å². The number of phenols is 1. The molecule has 110 valence electrons. The lowest BCUT2D eigenvalue weighted by Crippen LogP contribution is -2.11. The van der Waals surface area contributed by atoms with Gasteiger partial charge in [-0.2, -0.15) is 0 Å². The molecule has 0 fully saturated rings. The summed E-state index contributed by atoms with van der Waals surface area (Å²) in [4.78, 5) is 12.1. The second-order valence-electron chi connectivity index (χ2n) is 4.95. The number of anilines is 1. The third-order valence-electron chi connectivity index (χ3n) is 3.18. The summed E-state index contributed by atoms with van der Waals surface area (Å²) in [6, 6.07) is 15.6. The summed E-state index contributed by atoms with van der Waals surface area (Å²) >= 11 is 0. The van der Waals surface area contributed by atoms with E-state index in [9.17, 15) is 9.90 Å². The van der Waals surface area contributed by atoms with E-state index in [1.54, 1.807) is 24.3 Å². The van der Waals surface area contributed by atoms with E-state index in [0.717, 1.165) is 5.56 Å². The molecular formula is C17H14N2O3. The first kappa shape index (κ1) is 13.9. The van der Waals surface area contributed by atoms with Gasteiger partial charge >= 0.3 is 0 Å². The first-order valence-electron chi connectivity index (χ1n) is 6.76. The van der Waals surface area contributed by atoms with Crippen LogP contribution in [0.5, 0.6) is 5.75 Å². The Balaban J connectivity index is 1.78. The number of hydrogen-bond donors (Lipinski definition) is 2. The topological polar surface area (TPSA) is 75.4 Å². The lowest BCUT2D eigenvalue weighted by molar-refractivity contribution is 0.101. The molecule has 1 amide bonds. The van der Waals surface area contributed by atoms with Crippen LogP contribution in [0.15, 0.2) is 59.1 Å². The van der Waals surface area contributed by atoms with Gasteiger partial charge in [-0.25, -0.2) is 0 Å². The van der Waals surface area contributed by atoms with Gasteiger partial charge in [0.15, 0.2) is 11.5 Å². The molecule has 3 aromatic rings. The van der Waals surface area contributed by atoms with E-state index in [2.05, 4.69) is 10.5 Å². The molecule has 2 N–H and O–H groups in total. The van der Waals surface area contributed by atoms with Crippen molar-refractivity contribution in [2.45, 2.75) is 6.92 Å². The Morgan fingerprint density at radius 3 is 2.64 bits per heavy atom. The molecule has 0 aliphatic carbocycles. The number of nitrogens with one attached hydrogen (secondary N) is 1. The van der Waals surface area contributed by atoms with Gasteiger partial charge < -0.3 is 14.9 Å². The summed E-state index contributed by atoms with van der Waals surface area (Å²) in [5, 5.41) is 16.0. The number of carbonyl (C=O) groups is 1. The highest BCUT2D eigenvalue weighted by atomic mass is 16.5. The molecule has 0 saturated carbocycles. The van der Waals surface area contributed by atoms with Gasteiger partial charge in [-0.05, 0) is 31.2 Å². The van der Waals surface area contributed by atoms with Crippen molar-refractivity contribution >= 4 is 11.6 Å². The van der Waals surface area contributed by atoms with Gasteiger partial charge in [0.1, 0.15) is 5.75 Å². The Bertz CT molecular complexity index is 807. The predicted octanol–water partition coefficient (Wildman–Crippen LogP) is 3.61. The highest BCUT2D eigenvalue weighted by Crippen LogP contribution is 2.24. The lowest BCUT2D eigenvalue weighted by Gasteiger charge is -2.02. The van der Waals surface area contributed by atoms with E-state index >= 15 is 0 Å². The third-order valence-corrected chi connectivity index (χ3v) is 3.18. The minimum absolute atomic E-state index is 0.125. The van der Waals surface area contributed by atoms with Gasteiger partial charge in [-0.1, -0.05) is 35.0 Å². The number of aromatic hydroxyl groups is 1. The average Bonchev–Trinajstić information content (AvgIpc) is 3.00. The minimum Gasteiger partial charge on any atom is -0.508 e. The van der Waals surface area contributed by atoms with E-state index in [1.165, 1.54) is 6.07 Å². The standard InChI is InChI=1S/C17H14N2O3/c1-11-5-7-13(8-6-11)18-17(21)15-10-16(22-19-15)12-3-2-4-14(20)9-12/h2-10,20H,1H3,(H,18,21). The maximum Gasteiger partial charge on any atom is 0.277 e. The van der Waals surface area contributed by atoms with E-state index in [0.29, 0.717) is 17.0 Å². The molecule has 0 atom stereocenters. The summed E-state index contributed by atoms with van der Waals surface area (Å²) in [5.41, 5.74) is 2.64. The van der Waals surface area contributed by atoms with Crippen molar-refractivity contribution in [1.82, 2.24) is 5.16 Å². The maximum absolute atomic E-state index is 12.1. The SMILES string of the molecule is Cc1ccc(NC(=O)c2cc(-c3cccc(O)c3)on2)cc1. The van der Waals surface area contributed by atoms with Gasteiger partial charge in [-0.3, -0.25) is 4.79 Å². The van der Waals surface area contributed by atoms with Crippen LogP contribution in [0.2, 0.25) is 0 Å². The van der Waals surface area contributed by atoms with Gasteiger partial charge in [-0.15, -0.1) is 0 Å². The molecule has 0 aliphatic rings. The summed E-state index contributed by atoms with van der Waals surface area (Å²) in [7, 11) is 0. The van der Waals surface area contributed by atoms with E-state index in [4.69, 9.17) is 4.52 Å². The molecule has 0 unspecified atom stereocenters. The molecule has 22 heavy (non-hydrogen) atoms.